The van der Waals surface area contributed by atoms with Crippen LogP contribution in [0.4, 0.5) is 15.3 Å². The number of nitrogens with zero attached hydrogens (tertiary/aromatic N) is 2. The molecular weight excluding hydrogens is 354 g/mol. The number of hydrogen-bond donors (Lipinski definition) is 1. The van der Waals surface area contributed by atoms with E-state index in [4.69, 9.17) is 16.3 Å². The fraction of sp³-hybridized carbons (Fsp3) is 0.579. The van der Waals surface area contributed by atoms with Gasteiger partial charge in [-0.1, -0.05) is 17.7 Å². The first-order valence-corrected chi connectivity index (χ1v) is 9.22. The molecular formula is C19H28ClN3O3. The van der Waals surface area contributed by atoms with Crippen molar-refractivity contribution in [2.24, 2.45) is 0 Å². The first-order chi connectivity index (χ1) is 12.1. The second-order valence-corrected chi connectivity index (χ2v) is 8.13. The first-order valence-electron chi connectivity index (χ1n) is 8.85. The lowest BCUT2D eigenvalue weighted by molar-refractivity contribution is 0.0158. The first kappa shape index (κ1) is 20.4. The molecule has 26 heavy (non-hydrogen) atoms. The van der Waals surface area contributed by atoms with Crippen LogP contribution in [0.1, 0.15) is 39.2 Å². The standard InChI is InChI=1S/C19H28ClN3O3/c1-13-8-9-14(11-16(13)20)21-17(24)23-10-6-7-15(12-23)22(5)18(25)26-19(2,3)4/h8-9,11,15H,6-7,10,12H2,1-5H3,(H,21,24)/t15-/m0/s1. The molecule has 1 saturated heterocycles. The number of carbonyl (C=O) groups is 2. The molecule has 144 valence electrons. The molecule has 3 amide bonds. The summed E-state index contributed by atoms with van der Waals surface area (Å²) in [6.07, 6.45) is 1.31. The van der Waals surface area contributed by atoms with Crippen molar-refractivity contribution in [1.29, 1.82) is 0 Å². The van der Waals surface area contributed by atoms with Crippen LogP contribution in [0, 0.1) is 6.92 Å². The average molecular weight is 382 g/mol. The van der Waals surface area contributed by atoms with E-state index in [9.17, 15) is 9.59 Å². The van der Waals surface area contributed by atoms with Gasteiger partial charge in [-0.05, 0) is 58.2 Å². The molecule has 1 aliphatic heterocycles. The van der Waals surface area contributed by atoms with E-state index in [1.54, 1.807) is 22.9 Å². The zero-order valence-electron chi connectivity index (χ0n) is 16.1. The van der Waals surface area contributed by atoms with Gasteiger partial charge >= 0.3 is 12.1 Å². The maximum Gasteiger partial charge on any atom is 0.410 e. The number of piperidine rings is 1. The van der Waals surface area contributed by atoms with Gasteiger partial charge in [0, 0.05) is 30.8 Å². The van der Waals surface area contributed by atoms with Crippen LogP contribution in [0.25, 0.3) is 0 Å². The lowest BCUT2D eigenvalue weighted by Crippen LogP contribution is -2.52. The summed E-state index contributed by atoms with van der Waals surface area (Å²) in [5.74, 6) is 0. The van der Waals surface area contributed by atoms with Crippen LogP contribution in [0.3, 0.4) is 0 Å². The average Bonchev–Trinajstić information content (AvgIpc) is 2.56. The van der Waals surface area contributed by atoms with Gasteiger partial charge in [0.05, 0.1) is 6.04 Å². The van der Waals surface area contributed by atoms with E-state index in [0.29, 0.717) is 23.8 Å². The molecule has 1 fully saturated rings. The fourth-order valence-electron chi connectivity index (χ4n) is 2.81. The van der Waals surface area contributed by atoms with Crippen LogP contribution in [-0.4, -0.2) is 53.7 Å². The van der Waals surface area contributed by atoms with Gasteiger partial charge in [-0.15, -0.1) is 0 Å². The van der Waals surface area contributed by atoms with E-state index in [1.807, 2.05) is 39.8 Å². The summed E-state index contributed by atoms with van der Waals surface area (Å²) < 4.78 is 5.42. The van der Waals surface area contributed by atoms with Crippen LogP contribution >= 0.6 is 11.6 Å². The highest BCUT2D eigenvalue weighted by molar-refractivity contribution is 6.31. The van der Waals surface area contributed by atoms with Crippen LogP contribution < -0.4 is 5.32 Å². The molecule has 1 atom stereocenters. The summed E-state index contributed by atoms with van der Waals surface area (Å²) >= 11 is 6.11. The van der Waals surface area contributed by atoms with Gasteiger partial charge in [-0.25, -0.2) is 9.59 Å². The van der Waals surface area contributed by atoms with E-state index in [0.717, 1.165) is 18.4 Å². The summed E-state index contributed by atoms with van der Waals surface area (Å²) in [5.41, 5.74) is 1.08. The summed E-state index contributed by atoms with van der Waals surface area (Å²) in [6, 6.07) is 5.18. The van der Waals surface area contributed by atoms with E-state index in [2.05, 4.69) is 5.32 Å². The van der Waals surface area contributed by atoms with Gasteiger partial charge in [0.15, 0.2) is 0 Å². The summed E-state index contributed by atoms with van der Waals surface area (Å²) in [4.78, 5) is 28.1. The lowest BCUT2D eigenvalue weighted by Gasteiger charge is -2.38. The number of carbonyl (C=O) groups excluding carboxylic acids is 2. The Bertz CT molecular complexity index is 672. The van der Waals surface area contributed by atoms with Gasteiger partial charge < -0.3 is 19.9 Å². The monoisotopic (exact) mass is 381 g/mol. The number of amides is 3. The molecule has 1 aromatic rings. The molecule has 1 heterocycles. The number of benzene rings is 1. The molecule has 2 rings (SSSR count). The minimum Gasteiger partial charge on any atom is -0.444 e. The second-order valence-electron chi connectivity index (χ2n) is 7.73. The van der Waals surface area contributed by atoms with Crippen LogP contribution in [-0.2, 0) is 4.74 Å². The molecule has 1 aromatic carbocycles. The van der Waals surface area contributed by atoms with Gasteiger partial charge in [-0.3, -0.25) is 0 Å². The van der Waals surface area contributed by atoms with Gasteiger partial charge in [0.2, 0.25) is 0 Å². The molecule has 0 radical (unpaired) electrons. The van der Waals surface area contributed by atoms with Crippen molar-refractivity contribution in [3.05, 3.63) is 28.8 Å². The molecule has 0 spiro atoms. The Kier molecular flexibility index (Phi) is 6.39. The third-order valence-corrected chi connectivity index (χ3v) is 4.74. The van der Waals surface area contributed by atoms with Gasteiger partial charge in [0.25, 0.3) is 0 Å². The summed E-state index contributed by atoms with van der Waals surface area (Å²) in [6.45, 7) is 8.56. The number of hydrogen-bond acceptors (Lipinski definition) is 3. The Morgan fingerprint density at radius 1 is 1.35 bits per heavy atom. The van der Waals surface area contributed by atoms with Crippen molar-refractivity contribution in [3.8, 4) is 0 Å². The highest BCUT2D eigenvalue weighted by Gasteiger charge is 2.30. The third kappa shape index (κ3) is 5.53. The smallest absolute Gasteiger partial charge is 0.410 e. The minimum atomic E-state index is -0.540. The molecule has 0 unspecified atom stereocenters. The van der Waals surface area contributed by atoms with Crippen LogP contribution in [0.2, 0.25) is 5.02 Å². The molecule has 0 aromatic heterocycles. The zero-order valence-corrected chi connectivity index (χ0v) is 16.9. The number of likely N-dealkylation sites (N-methyl/N-ethyl adjacent to an activating group) is 1. The molecule has 7 heteroatoms. The van der Waals surface area contributed by atoms with Gasteiger partial charge in [0.1, 0.15) is 5.60 Å². The SMILES string of the molecule is Cc1ccc(NC(=O)N2CCC[C@H](N(C)C(=O)OC(C)(C)C)C2)cc1Cl. The third-order valence-electron chi connectivity index (χ3n) is 4.34. The van der Waals surface area contributed by atoms with Gasteiger partial charge in [-0.2, -0.15) is 0 Å². The minimum absolute atomic E-state index is 0.0639. The maximum absolute atomic E-state index is 12.6. The number of anilines is 1. The maximum atomic E-state index is 12.6. The Labute approximate surface area is 160 Å². The predicted molar refractivity (Wildman–Crippen MR) is 104 cm³/mol. The molecule has 0 bridgehead atoms. The quantitative estimate of drug-likeness (QED) is 0.819. The normalized spacial score (nSPS) is 17.6. The number of urea groups is 1. The Morgan fingerprint density at radius 3 is 2.65 bits per heavy atom. The molecule has 1 aliphatic rings. The topological polar surface area (TPSA) is 61.9 Å². The predicted octanol–water partition coefficient (Wildman–Crippen LogP) is 4.51. The van der Waals surface area contributed by atoms with Crippen molar-refractivity contribution in [1.82, 2.24) is 9.80 Å². The molecule has 0 saturated carbocycles. The van der Waals surface area contributed by atoms with Crippen molar-refractivity contribution in [2.75, 3.05) is 25.5 Å². The van der Waals surface area contributed by atoms with Crippen LogP contribution in [0.5, 0.6) is 0 Å². The number of rotatable bonds is 2. The van der Waals surface area contributed by atoms with Crippen LogP contribution in [0.15, 0.2) is 18.2 Å². The number of ether oxygens (including phenoxy) is 1. The largest absolute Gasteiger partial charge is 0.444 e. The van der Waals surface area contributed by atoms with Crippen molar-refractivity contribution >= 4 is 29.4 Å². The number of nitrogens with one attached hydrogen (secondary N) is 1. The highest BCUT2D eigenvalue weighted by Crippen LogP contribution is 2.22. The van der Waals surface area contributed by atoms with E-state index in [-0.39, 0.29) is 18.2 Å². The highest BCUT2D eigenvalue weighted by atomic mass is 35.5. The Balaban J connectivity index is 1.97. The van der Waals surface area contributed by atoms with E-state index in [1.165, 1.54) is 0 Å². The van der Waals surface area contributed by atoms with Crippen molar-refractivity contribution < 1.29 is 14.3 Å². The molecule has 6 nitrogen and oxygen atoms in total. The van der Waals surface area contributed by atoms with Crippen molar-refractivity contribution in [2.45, 2.75) is 52.2 Å². The number of halogens is 1. The summed E-state index contributed by atoms with van der Waals surface area (Å²) in [5, 5.41) is 3.49. The lowest BCUT2D eigenvalue weighted by atomic mass is 10.1. The molecule has 1 N–H and O–H groups in total. The molecule has 0 aliphatic carbocycles. The fourth-order valence-corrected chi connectivity index (χ4v) is 2.99. The second kappa shape index (κ2) is 8.16. The number of aryl methyl sites for hydroxylation is 1. The van der Waals surface area contributed by atoms with E-state index < -0.39 is 5.60 Å². The number of likely N-dealkylation sites (tertiary alicyclic amines) is 1. The Morgan fingerprint density at radius 2 is 2.04 bits per heavy atom. The Hall–Kier alpha value is -1.95. The summed E-state index contributed by atoms with van der Waals surface area (Å²) in [7, 11) is 1.72. The van der Waals surface area contributed by atoms with Crippen molar-refractivity contribution in [3.63, 3.8) is 0 Å². The van der Waals surface area contributed by atoms with E-state index >= 15 is 0 Å². The zero-order chi connectivity index (χ0) is 19.5.